The van der Waals surface area contributed by atoms with Gasteiger partial charge in [0.25, 0.3) is 0 Å². The number of phenolic OH excluding ortho intramolecular Hbond substituents is 1. The van der Waals surface area contributed by atoms with E-state index in [1.165, 1.54) is 38.2 Å². The lowest BCUT2D eigenvalue weighted by atomic mass is 10.1. The zero-order valence-electron chi connectivity index (χ0n) is 14.7. The molecule has 0 aliphatic heterocycles. The summed E-state index contributed by atoms with van der Waals surface area (Å²) >= 11 is 0. The highest BCUT2D eigenvalue weighted by Gasteiger charge is 2.23. The highest BCUT2D eigenvalue weighted by molar-refractivity contribution is 7.80. The first kappa shape index (κ1) is 16.7. The highest BCUT2D eigenvalue weighted by atomic mass is 31.1. The van der Waals surface area contributed by atoms with Gasteiger partial charge in [-0.2, -0.15) is 0 Å². The minimum absolute atomic E-state index is 0.316. The number of benzene rings is 3. The Balaban J connectivity index is 2.32. The maximum atomic E-state index is 9.71. The summed E-state index contributed by atoms with van der Waals surface area (Å²) in [4.78, 5) is 0. The molecule has 0 spiro atoms. The molecule has 3 aromatic carbocycles. The number of aromatic hydroxyl groups is 1. The summed E-state index contributed by atoms with van der Waals surface area (Å²) in [7, 11) is -0.653. The predicted octanol–water partition coefficient (Wildman–Crippen LogP) is 4.38. The fourth-order valence-electron chi connectivity index (χ4n) is 3.29. The molecule has 0 unspecified atom stereocenters. The van der Waals surface area contributed by atoms with Gasteiger partial charge < -0.3 is 5.11 Å². The van der Waals surface area contributed by atoms with Gasteiger partial charge in [0.05, 0.1) is 0 Å². The Bertz CT molecular complexity index is 774. The van der Waals surface area contributed by atoms with Crippen molar-refractivity contribution in [1.29, 1.82) is 0 Å². The van der Waals surface area contributed by atoms with Gasteiger partial charge in [0.2, 0.25) is 0 Å². The van der Waals surface area contributed by atoms with E-state index in [1.54, 1.807) is 12.1 Å². The Morgan fingerprint density at radius 1 is 0.583 bits per heavy atom. The summed E-state index contributed by atoms with van der Waals surface area (Å²) in [5.74, 6) is 0.316. The monoisotopic (exact) mass is 334 g/mol. The molecule has 1 nitrogen and oxygen atoms in total. The molecule has 2 heteroatoms. The van der Waals surface area contributed by atoms with Gasteiger partial charge in [0.1, 0.15) is 5.75 Å². The smallest absolute Gasteiger partial charge is 0.115 e. The first-order valence-electron chi connectivity index (χ1n) is 8.20. The van der Waals surface area contributed by atoms with Crippen molar-refractivity contribution < 1.29 is 5.11 Å². The molecular formula is C22H23OP. The first-order chi connectivity index (χ1) is 11.5. The van der Waals surface area contributed by atoms with Gasteiger partial charge in [-0.3, -0.25) is 0 Å². The number of aryl methyl sites for hydroxylation is 4. The molecular weight excluding hydrogens is 311 g/mol. The molecule has 0 fully saturated rings. The van der Waals surface area contributed by atoms with E-state index in [4.69, 9.17) is 0 Å². The first-order valence-corrected chi connectivity index (χ1v) is 9.55. The van der Waals surface area contributed by atoms with Crippen LogP contribution < -0.4 is 15.9 Å². The van der Waals surface area contributed by atoms with E-state index < -0.39 is 7.92 Å². The molecule has 24 heavy (non-hydrogen) atoms. The van der Waals surface area contributed by atoms with E-state index in [2.05, 4.69) is 76.2 Å². The van der Waals surface area contributed by atoms with Crippen molar-refractivity contribution in [2.45, 2.75) is 27.7 Å². The molecule has 3 aromatic rings. The number of hydrogen-bond donors (Lipinski definition) is 1. The van der Waals surface area contributed by atoms with Gasteiger partial charge in [-0.25, -0.2) is 0 Å². The van der Waals surface area contributed by atoms with Crippen molar-refractivity contribution in [2.24, 2.45) is 0 Å². The lowest BCUT2D eigenvalue weighted by Gasteiger charge is -2.26. The van der Waals surface area contributed by atoms with E-state index >= 15 is 0 Å². The van der Waals surface area contributed by atoms with Crippen molar-refractivity contribution in [3.8, 4) is 5.75 Å². The molecule has 0 heterocycles. The number of hydrogen-bond acceptors (Lipinski definition) is 1. The summed E-state index contributed by atoms with van der Waals surface area (Å²) in [5.41, 5.74) is 5.32. The summed E-state index contributed by atoms with van der Waals surface area (Å²) in [5, 5.41) is 13.8. The molecule has 0 aromatic heterocycles. The molecule has 1 N–H and O–H groups in total. The molecule has 122 valence electrons. The van der Waals surface area contributed by atoms with Gasteiger partial charge in [0.15, 0.2) is 0 Å². The van der Waals surface area contributed by atoms with Gasteiger partial charge >= 0.3 is 0 Å². The molecule has 0 saturated heterocycles. The minimum Gasteiger partial charge on any atom is -0.508 e. The lowest BCUT2D eigenvalue weighted by Crippen LogP contribution is -2.27. The fourth-order valence-corrected chi connectivity index (χ4v) is 6.18. The zero-order chi connectivity index (χ0) is 17.3. The Morgan fingerprint density at radius 2 is 0.958 bits per heavy atom. The van der Waals surface area contributed by atoms with E-state index in [9.17, 15) is 5.11 Å². The summed E-state index contributed by atoms with van der Waals surface area (Å²) in [6.07, 6.45) is 0. The number of phenols is 1. The molecule has 0 amide bonds. The van der Waals surface area contributed by atoms with Crippen molar-refractivity contribution in [2.75, 3.05) is 0 Å². The van der Waals surface area contributed by atoms with Crippen molar-refractivity contribution >= 4 is 23.8 Å². The standard InChI is InChI=1S/C22H23OP/c1-15-7-5-8-16(2)21(15)24(20-13-11-19(23)12-14-20)22-17(3)9-6-10-18(22)4/h5-14,23H,1-4H3. The minimum atomic E-state index is -0.653. The summed E-state index contributed by atoms with van der Waals surface area (Å²) in [6.45, 7) is 8.80. The van der Waals surface area contributed by atoms with Crippen LogP contribution in [0.2, 0.25) is 0 Å². The average Bonchev–Trinajstić information content (AvgIpc) is 2.54. The Hall–Kier alpha value is -2.11. The van der Waals surface area contributed by atoms with Crippen molar-refractivity contribution in [1.82, 2.24) is 0 Å². The molecule has 0 aliphatic carbocycles. The predicted molar refractivity (Wildman–Crippen MR) is 106 cm³/mol. The largest absolute Gasteiger partial charge is 0.508 e. The SMILES string of the molecule is Cc1cccc(C)c1P(c1ccc(O)cc1)c1c(C)cccc1C. The van der Waals surface area contributed by atoms with Crippen LogP contribution in [0.15, 0.2) is 60.7 Å². The van der Waals surface area contributed by atoms with Crippen LogP contribution in [0.1, 0.15) is 22.3 Å². The Morgan fingerprint density at radius 3 is 1.33 bits per heavy atom. The van der Waals surface area contributed by atoms with E-state index in [-0.39, 0.29) is 0 Å². The molecule has 0 bridgehead atoms. The second-order valence-corrected chi connectivity index (χ2v) is 8.41. The van der Waals surface area contributed by atoms with Crippen LogP contribution in [-0.2, 0) is 0 Å². The van der Waals surface area contributed by atoms with Crippen molar-refractivity contribution in [3.05, 3.63) is 82.9 Å². The van der Waals surface area contributed by atoms with Gasteiger partial charge in [0, 0.05) is 0 Å². The third-order valence-electron chi connectivity index (χ3n) is 4.43. The molecule has 0 saturated carbocycles. The van der Waals surface area contributed by atoms with Crippen molar-refractivity contribution in [3.63, 3.8) is 0 Å². The lowest BCUT2D eigenvalue weighted by molar-refractivity contribution is 0.475. The second-order valence-electron chi connectivity index (χ2n) is 6.33. The normalized spacial score (nSPS) is 11.0. The molecule has 0 radical (unpaired) electrons. The van der Waals surface area contributed by atoms with E-state index in [0.717, 1.165) is 0 Å². The van der Waals surface area contributed by atoms with Crippen LogP contribution in [0.3, 0.4) is 0 Å². The quantitative estimate of drug-likeness (QED) is 0.705. The van der Waals surface area contributed by atoms with Crippen LogP contribution in [0.5, 0.6) is 5.75 Å². The zero-order valence-corrected chi connectivity index (χ0v) is 15.6. The molecule has 0 atom stereocenters. The molecule has 3 rings (SSSR count). The second kappa shape index (κ2) is 6.79. The summed E-state index contributed by atoms with van der Waals surface area (Å²) < 4.78 is 0. The third-order valence-corrected chi connectivity index (χ3v) is 7.55. The van der Waals surface area contributed by atoms with E-state index in [0.29, 0.717) is 5.75 Å². The number of rotatable bonds is 3. The van der Waals surface area contributed by atoms with Gasteiger partial charge in [-0.05, 0) is 85.9 Å². The maximum Gasteiger partial charge on any atom is 0.115 e. The average molecular weight is 334 g/mol. The third kappa shape index (κ3) is 3.09. The topological polar surface area (TPSA) is 20.2 Å². The maximum absolute atomic E-state index is 9.71. The van der Waals surface area contributed by atoms with Crippen LogP contribution in [0.4, 0.5) is 0 Å². The van der Waals surface area contributed by atoms with Crippen LogP contribution in [0, 0.1) is 27.7 Å². The van der Waals surface area contributed by atoms with E-state index in [1.807, 2.05) is 0 Å². The van der Waals surface area contributed by atoms with Gasteiger partial charge in [-0.1, -0.05) is 48.5 Å². The highest BCUT2D eigenvalue weighted by Crippen LogP contribution is 2.38. The van der Waals surface area contributed by atoms with Crippen LogP contribution in [-0.4, -0.2) is 5.11 Å². The van der Waals surface area contributed by atoms with Crippen LogP contribution in [0.25, 0.3) is 0 Å². The Kier molecular flexibility index (Phi) is 4.73. The van der Waals surface area contributed by atoms with Crippen LogP contribution >= 0.6 is 7.92 Å². The fraction of sp³-hybridized carbons (Fsp3) is 0.182. The van der Waals surface area contributed by atoms with Gasteiger partial charge in [-0.15, -0.1) is 0 Å². The summed E-state index contributed by atoms with van der Waals surface area (Å²) in [6, 6.07) is 20.8. The molecule has 0 aliphatic rings. The Labute approximate surface area is 145 Å².